The number of ether oxygens (including phenoxy) is 2. The van der Waals surface area contributed by atoms with Crippen molar-refractivity contribution in [2.45, 2.75) is 38.6 Å². The zero-order valence-corrected chi connectivity index (χ0v) is 21.2. The van der Waals surface area contributed by atoms with Crippen LogP contribution in [-0.2, 0) is 42.4 Å². The van der Waals surface area contributed by atoms with Crippen LogP contribution in [0.2, 0.25) is 0 Å². The predicted molar refractivity (Wildman–Crippen MR) is 136 cm³/mol. The number of thiophene rings is 1. The zero-order valence-electron chi connectivity index (χ0n) is 20.4. The standard InChI is InChI=1S/C26H29N5O4S/c1-31-14-19(29-16-31)13-28-26(33)35-15-18-6-8-21-22(12-27)25(36-23(21)11-18)30-24(32)9-7-17-4-3-5-20(10-17)34-2/h3-5,10,14,16,18H,6-9,11,13,15H2,1-2H3,(H,28,33)(H,30,32). The number of nitriles is 1. The van der Waals surface area contributed by atoms with E-state index in [2.05, 4.69) is 21.7 Å². The van der Waals surface area contributed by atoms with Gasteiger partial charge in [-0.1, -0.05) is 12.1 Å². The van der Waals surface area contributed by atoms with Crippen molar-refractivity contribution in [1.29, 1.82) is 5.26 Å². The van der Waals surface area contributed by atoms with Crippen molar-refractivity contribution in [3.63, 3.8) is 0 Å². The van der Waals surface area contributed by atoms with Gasteiger partial charge in [0.15, 0.2) is 0 Å². The van der Waals surface area contributed by atoms with Crippen LogP contribution in [-0.4, -0.2) is 35.3 Å². The molecule has 1 unspecified atom stereocenters. The molecule has 0 saturated carbocycles. The number of carbonyl (C=O) groups is 2. The summed E-state index contributed by atoms with van der Waals surface area (Å²) in [4.78, 5) is 29.9. The summed E-state index contributed by atoms with van der Waals surface area (Å²) in [5, 5.41) is 16.0. The molecule has 0 bridgehead atoms. The van der Waals surface area contributed by atoms with E-state index in [1.807, 2.05) is 42.1 Å². The number of hydrogen-bond donors (Lipinski definition) is 2. The van der Waals surface area contributed by atoms with Gasteiger partial charge in [0.2, 0.25) is 5.91 Å². The van der Waals surface area contributed by atoms with E-state index < -0.39 is 6.09 Å². The zero-order chi connectivity index (χ0) is 25.5. The topological polar surface area (TPSA) is 118 Å². The molecule has 0 spiro atoms. The molecule has 0 fully saturated rings. The summed E-state index contributed by atoms with van der Waals surface area (Å²) in [5.41, 5.74) is 3.33. The first kappa shape index (κ1) is 25.3. The maximum atomic E-state index is 12.6. The molecule has 2 heterocycles. The van der Waals surface area contributed by atoms with Crippen LogP contribution < -0.4 is 15.4 Å². The number of anilines is 1. The Balaban J connectivity index is 1.28. The molecule has 2 N–H and O–H groups in total. The first-order valence-corrected chi connectivity index (χ1v) is 12.6. The van der Waals surface area contributed by atoms with Gasteiger partial charge in [-0.15, -0.1) is 11.3 Å². The highest BCUT2D eigenvalue weighted by Gasteiger charge is 2.27. The van der Waals surface area contributed by atoms with E-state index in [1.165, 1.54) is 11.3 Å². The molecule has 0 aliphatic heterocycles. The van der Waals surface area contributed by atoms with E-state index in [0.717, 1.165) is 40.3 Å². The van der Waals surface area contributed by atoms with Gasteiger partial charge >= 0.3 is 6.09 Å². The third-order valence-electron chi connectivity index (χ3n) is 6.13. The number of fused-ring (bicyclic) bond motifs is 1. The summed E-state index contributed by atoms with van der Waals surface area (Å²) < 4.78 is 12.5. The third kappa shape index (κ3) is 6.43. The maximum Gasteiger partial charge on any atom is 0.407 e. The lowest BCUT2D eigenvalue weighted by molar-refractivity contribution is -0.116. The molecule has 1 aliphatic rings. The quantitative estimate of drug-likeness (QED) is 0.453. The molecule has 36 heavy (non-hydrogen) atoms. The first-order valence-electron chi connectivity index (χ1n) is 11.8. The van der Waals surface area contributed by atoms with Crippen molar-refractivity contribution in [3.8, 4) is 11.8 Å². The predicted octanol–water partition coefficient (Wildman–Crippen LogP) is 3.96. The minimum atomic E-state index is -0.473. The number of nitrogens with one attached hydrogen (secondary N) is 2. The lowest BCUT2D eigenvalue weighted by Gasteiger charge is -2.21. The molecule has 10 heteroatoms. The van der Waals surface area contributed by atoms with Crippen LogP contribution in [0.3, 0.4) is 0 Å². The number of carbonyl (C=O) groups excluding carboxylic acids is 2. The summed E-state index contributed by atoms with van der Waals surface area (Å²) in [6, 6.07) is 9.92. The van der Waals surface area contributed by atoms with Gasteiger partial charge in [0.1, 0.15) is 16.8 Å². The van der Waals surface area contributed by atoms with Crippen molar-refractivity contribution in [2.75, 3.05) is 19.0 Å². The Hall–Kier alpha value is -3.84. The molecule has 0 saturated heterocycles. The highest BCUT2D eigenvalue weighted by molar-refractivity contribution is 7.16. The van der Waals surface area contributed by atoms with Crippen molar-refractivity contribution in [3.05, 3.63) is 64.1 Å². The maximum absolute atomic E-state index is 12.6. The lowest BCUT2D eigenvalue weighted by atomic mass is 9.88. The summed E-state index contributed by atoms with van der Waals surface area (Å²) in [5.74, 6) is 0.798. The van der Waals surface area contributed by atoms with Gasteiger partial charge < -0.3 is 24.7 Å². The summed E-state index contributed by atoms with van der Waals surface area (Å²) in [6.45, 7) is 0.612. The van der Waals surface area contributed by atoms with E-state index in [4.69, 9.17) is 9.47 Å². The number of rotatable bonds is 9. The fraction of sp³-hybridized carbons (Fsp3) is 0.385. The first-order chi connectivity index (χ1) is 17.4. The minimum absolute atomic E-state index is 0.127. The van der Waals surface area contributed by atoms with Crippen molar-refractivity contribution in [1.82, 2.24) is 14.9 Å². The Morgan fingerprint density at radius 2 is 2.22 bits per heavy atom. The van der Waals surface area contributed by atoms with E-state index >= 15 is 0 Å². The molecule has 9 nitrogen and oxygen atoms in total. The van der Waals surface area contributed by atoms with Crippen molar-refractivity contribution >= 4 is 28.3 Å². The van der Waals surface area contributed by atoms with Gasteiger partial charge in [-0.25, -0.2) is 9.78 Å². The van der Waals surface area contributed by atoms with Crippen LogP contribution in [0.4, 0.5) is 9.80 Å². The highest BCUT2D eigenvalue weighted by atomic mass is 32.1. The van der Waals surface area contributed by atoms with Gasteiger partial charge in [0, 0.05) is 24.5 Å². The molecule has 4 rings (SSSR count). The SMILES string of the molecule is COc1cccc(CCC(=O)Nc2sc3c(c2C#N)CCC(COC(=O)NCc2cn(C)cn2)C3)c1. The average molecular weight is 508 g/mol. The number of hydrogen-bond acceptors (Lipinski definition) is 7. The normalized spacial score (nSPS) is 14.4. The van der Waals surface area contributed by atoms with Crippen molar-refractivity contribution in [2.24, 2.45) is 13.0 Å². The molecule has 188 valence electrons. The average Bonchev–Trinajstić information content (AvgIpc) is 3.46. The van der Waals surface area contributed by atoms with Crippen LogP contribution in [0.1, 0.15) is 40.1 Å². The van der Waals surface area contributed by atoms with Crippen LogP contribution in [0.5, 0.6) is 5.75 Å². The molecule has 2 amide bonds. The molecular weight excluding hydrogens is 478 g/mol. The number of aryl methyl sites for hydroxylation is 2. The molecular formula is C26H29N5O4S. The fourth-order valence-electron chi connectivity index (χ4n) is 4.24. The smallest absolute Gasteiger partial charge is 0.407 e. The monoisotopic (exact) mass is 507 g/mol. The molecule has 2 aromatic heterocycles. The third-order valence-corrected chi connectivity index (χ3v) is 7.30. The molecule has 1 aromatic carbocycles. The number of alkyl carbamates (subject to hydrolysis) is 1. The van der Waals surface area contributed by atoms with E-state index in [0.29, 0.717) is 43.0 Å². The molecule has 1 aliphatic carbocycles. The van der Waals surface area contributed by atoms with E-state index in [9.17, 15) is 14.9 Å². The number of amides is 2. The molecule has 1 atom stereocenters. The van der Waals surface area contributed by atoms with E-state index in [-0.39, 0.29) is 11.8 Å². The molecule has 0 radical (unpaired) electrons. The second-order valence-corrected chi connectivity index (χ2v) is 9.92. The minimum Gasteiger partial charge on any atom is -0.497 e. The molecule has 3 aromatic rings. The van der Waals surface area contributed by atoms with Gasteiger partial charge in [-0.05, 0) is 54.9 Å². The lowest BCUT2D eigenvalue weighted by Crippen LogP contribution is -2.27. The van der Waals surface area contributed by atoms with Gasteiger partial charge in [0.05, 0.1) is 37.8 Å². The van der Waals surface area contributed by atoms with Crippen LogP contribution in [0.15, 0.2) is 36.8 Å². The number of methoxy groups -OCH3 is 1. The largest absolute Gasteiger partial charge is 0.497 e. The van der Waals surface area contributed by atoms with E-state index in [1.54, 1.807) is 13.4 Å². The van der Waals surface area contributed by atoms with Gasteiger partial charge in [-0.2, -0.15) is 5.26 Å². The highest BCUT2D eigenvalue weighted by Crippen LogP contribution is 2.39. The Kier molecular flexibility index (Phi) is 8.23. The summed E-state index contributed by atoms with van der Waals surface area (Å²) >= 11 is 1.45. The second kappa shape index (κ2) is 11.7. The Morgan fingerprint density at radius 3 is 2.97 bits per heavy atom. The van der Waals surface area contributed by atoms with Gasteiger partial charge in [-0.3, -0.25) is 4.79 Å². The Morgan fingerprint density at radius 1 is 1.36 bits per heavy atom. The van der Waals surface area contributed by atoms with Crippen molar-refractivity contribution < 1.29 is 19.1 Å². The summed E-state index contributed by atoms with van der Waals surface area (Å²) in [6.07, 6.45) is 6.18. The van der Waals surface area contributed by atoms with Gasteiger partial charge in [0.25, 0.3) is 0 Å². The Labute approximate surface area is 214 Å². The number of nitrogens with zero attached hydrogens (tertiary/aromatic N) is 3. The number of benzene rings is 1. The van der Waals surface area contributed by atoms with Crippen LogP contribution in [0.25, 0.3) is 0 Å². The number of imidazole rings is 1. The second-order valence-electron chi connectivity index (χ2n) is 8.81. The Bertz CT molecular complexity index is 1280. The van der Waals surface area contributed by atoms with Crippen LogP contribution in [0, 0.1) is 17.2 Å². The fourth-order valence-corrected chi connectivity index (χ4v) is 5.57. The summed E-state index contributed by atoms with van der Waals surface area (Å²) in [7, 11) is 3.48. The number of aromatic nitrogens is 2. The van der Waals surface area contributed by atoms with Crippen LogP contribution >= 0.6 is 11.3 Å².